The summed E-state index contributed by atoms with van der Waals surface area (Å²) in [5.41, 5.74) is 4.17. The van der Waals surface area contributed by atoms with Crippen molar-refractivity contribution in [1.82, 2.24) is 5.43 Å². The molecule has 0 radical (unpaired) electrons. The summed E-state index contributed by atoms with van der Waals surface area (Å²) in [5, 5.41) is 14.2. The van der Waals surface area contributed by atoms with Crippen molar-refractivity contribution in [2.24, 2.45) is 5.10 Å². The minimum absolute atomic E-state index is 0.169. The van der Waals surface area contributed by atoms with Gasteiger partial charge in [0.05, 0.1) is 12.3 Å². The summed E-state index contributed by atoms with van der Waals surface area (Å²) < 4.78 is 4.74. The molecule has 0 saturated heterocycles. The molecular formula is C13H11N3O4. The average molecular weight is 273 g/mol. The Labute approximate surface area is 114 Å². The van der Waals surface area contributed by atoms with Crippen LogP contribution in [0.5, 0.6) is 0 Å². The van der Waals surface area contributed by atoms with Crippen LogP contribution in [0.25, 0.3) is 0 Å². The summed E-state index contributed by atoms with van der Waals surface area (Å²) in [6.45, 7) is 1.96. The van der Waals surface area contributed by atoms with Crippen LogP contribution in [0.3, 0.4) is 0 Å². The number of rotatable bonds is 4. The van der Waals surface area contributed by atoms with Crippen LogP contribution in [0.1, 0.15) is 21.7 Å². The van der Waals surface area contributed by atoms with Gasteiger partial charge in [-0.15, -0.1) is 0 Å². The summed E-state index contributed by atoms with van der Waals surface area (Å²) in [6.07, 6.45) is 1.47. The third-order valence-corrected chi connectivity index (χ3v) is 2.45. The van der Waals surface area contributed by atoms with Crippen LogP contribution in [-0.2, 0) is 0 Å². The lowest BCUT2D eigenvalue weighted by Gasteiger charge is -1.96. The second kappa shape index (κ2) is 5.79. The lowest BCUT2D eigenvalue weighted by atomic mass is 10.2. The van der Waals surface area contributed by atoms with Crippen LogP contribution in [0.4, 0.5) is 5.88 Å². The molecule has 0 bridgehead atoms. The monoisotopic (exact) mass is 273 g/mol. The van der Waals surface area contributed by atoms with Crippen LogP contribution < -0.4 is 5.43 Å². The molecule has 2 aromatic rings. The van der Waals surface area contributed by atoms with E-state index in [4.69, 9.17) is 4.42 Å². The zero-order valence-corrected chi connectivity index (χ0v) is 10.6. The zero-order valence-electron chi connectivity index (χ0n) is 10.6. The summed E-state index contributed by atoms with van der Waals surface area (Å²) in [6, 6.07) is 9.86. The molecule has 0 fully saturated rings. The third kappa shape index (κ3) is 3.29. The number of hydrogen-bond acceptors (Lipinski definition) is 5. The number of carbonyl (C=O) groups excluding carboxylic acids is 1. The minimum atomic E-state index is -0.716. The predicted octanol–water partition coefficient (Wildman–Crippen LogP) is 2.26. The van der Waals surface area contributed by atoms with Crippen LogP contribution in [0.2, 0.25) is 0 Å². The minimum Gasteiger partial charge on any atom is -0.395 e. The molecule has 1 aromatic heterocycles. The summed E-state index contributed by atoms with van der Waals surface area (Å²) in [7, 11) is 0. The number of nitrogens with zero attached hydrogens (tertiary/aromatic N) is 2. The molecule has 0 aliphatic heterocycles. The molecule has 7 heteroatoms. The van der Waals surface area contributed by atoms with Gasteiger partial charge in [0.25, 0.3) is 0 Å². The first-order valence-corrected chi connectivity index (χ1v) is 5.70. The van der Waals surface area contributed by atoms with E-state index in [1.165, 1.54) is 12.3 Å². The molecule has 0 saturated carbocycles. The second-order valence-electron chi connectivity index (χ2n) is 4.00. The van der Waals surface area contributed by atoms with Crippen molar-refractivity contribution < 1.29 is 14.1 Å². The summed E-state index contributed by atoms with van der Waals surface area (Å²) >= 11 is 0. The summed E-state index contributed by atoms with van der Waals surface area (Å²) in [5.74, 6) is -1.31. The van der Waals surface area contributed by atoms with Crippen LogP contribution in [0, 0.1) is 17.0 Å². The average Bonchev–Trinajstić information content (AvgIpc) is 2.91. The van der Waals surface area contributed by atoms with Gasteiger partial charge in [-0.25, -0.2) is 5.43 Å². The molecule has 1 heterocycles. The molecule has 1 aromatic carbocycles. The number of hydrazone groups is 1. The topological polar surface area (TPSA) is 97.7 Å². The maximum Gasteiger partial charge on any atom is 0.433 e. The molecular weight excluding hydrogens is 262 g/mol. The number of nitro groups is 1. The molecule has 1 N–H and O–H groups in total. The van der Waals surface area contributed by atoms with Gasteiger partial charge in [0.15, 0.2) is 0 Å². The Kier molecular flexibility index (Phi) is 3.90. The molecule has 0 unspecified atom stereocenters. The van der Waals surface area contributed by atoms with Gasteiger partial charge in [0.1, 0.15) is 4.92 Å². The molecule has 0 atom stereocenters. The molecule has 102 valence electrons. The van der Waals surface area contributed by atoms with Crippen molar-refractivity contribution in [3.05, 3.63) is 63.4 Å². The summed E-state index contributed by atoms with van der Waals surface area (Å²) in [4.78, 5) is 21.3. The Balaban J connectivity index is 1.97. The standard InChI is InChI=1S/C13H11N3O4/c1-9-2-4-10(5-3-9)8-14-15-13(17)11-6-7-12(20-11)16(18)19/h2-8H,1H3,(H,15,17)/b14-8+. The second-order valence-corrected chi connectivity index (χ2v) is 4.00. The third-order valence-electron chi connectivity index (χ3n) is 2.45. The van der Waals surface area contributed by atoms with Gasteiger partial charge in [0.2, 0.25) is 5.76 Å². The molecule has 0 aliphatic carbocycles. The van der Waals surface area contributed by atoms with E-state index in [2.05, 4.69) is 10.5 Å². The lowest BCUT2D eigenvalue weighted by molar-refractivity contribution is -0.402. The molecule has 0 spiro atoms. The number of nitrogens with one attached hydrogen (secondary N) is 1. The Morgan fingerprint density at radius 2 is 2.00 bits per heavy atom. The van der Waals surface area contributed by atoms with Crippen molar-refractivity contribution in [3.63, 3.8) is 0 Å². The smallest absolute Gasteiger partial charge is 0.395 e. The van der Waals surface area contributed by atoms with Gasteiger partial charge in [-0.05, 0) is 18.6 Å². The number of benzene rings is 1. The maximum atomic E-state index is 11.6. The molecule has 2 rings (SSSR count). The van der Waals surface area contributed by atoms with E-state index < -0.39 is 16.7 Å². The highest BCUT2D eigenvalue weighted by Gasteiger charge is 2.16. The molecule has 0 aliphatic rings. The van der Waals surface area contributed by atoms with E-state index in [0.717, 1.165) is 17.2 Å². The fraction of sp³-hybridized carbons (Fsp3) is 0.0769. The number of furan rings is 1. The number of aryl methyl sites for hydroxylation is 1. The Morgan fingerprint density at radius 3 is 2.60 bits per heavy atom. The zero-order chi connectivity index (χ0) is 14.5. The fourth-order valence-corrected chi connectivity index (χ4v) is 1.42. The highest BCUT2D eigenvalue weighted by molar-refractivity contribution is 5.92. The maximum absolute atomic E-state index is 11.6. The highest BCUT2D eigenvalue weighted by Crippen LogP contribution is 2.15. The number of carbonyl (C=O) groups is 1. The van der Waals surface area contributed by atoms with Crippen molar-refractivity contribution in [1.29, 1.82) is 0 Å². The van der Waals surface area contributed by atoms with Crippen molar-refractivity contribution in [3.8, 4) is 0 Å². The van der Waals surface area contributed by atoms with Crippen LogP contribution >= 0.6 is 0 Å². The Hall–Kier alpha value is -2.96. The van der Waals surface area contributed by atoms with Gasteiger partial charge in [-0.3, -0.25) is 14.9 Å². The first-order chi connectivity index (χ1) is 9.56. The molecule has 20 heavy (non-hydrogen) atoms. The largest absolute Gasteiger partial charge is 0.433 e. The molecule has 1 amide bonds. The van der Waals surface area contributed by atoms with Gasteiger partial charge < -0.3 is 4.42 Å². The van der Waals surface area contributed by atoms with Crippen LogP contribution in [0.15, 0.2) is 45.9 Å². The first kappa shape index (κ1) is 13.5. The van der Waals surface area contributed by atoms with E-state index in [0.29, 0.717) is 0 Å². The quantitative estimate of drug-likeness (QED) is 0.524. The van der Waals surface area contributed by atoms with E-state index in [9.17, 15) is 14.9 Å². The Morgan fingerprint density at radius 1 is 1.30 bits per heavy atom. The first-order valence-electron chi connectivity index (χ1n) is 5.70. The predicted molar refractivity (Wildman–Crippen MR) is 71.6 cm³/mol. The number of amides is 1. The van der Waals surface area contributed by atoms with Crippen molar-refractivity contribution >= 4 is 18.0 Å². The van der Waals surface area contributed by atoms with Gasteiger partial charge >= 0.3 is 11.8 Å². The van der Waals surface area contributed by atoms with E-state index in [1.54, 1.807) is 0 Å². The highest BCUT2D eigenvalue weighted by atomic mass is 16.6. The van der Waals surface area contributed by atoms with Crippen molar-refractivity contribution in [2.45, 2.75) is 6.92 Å². The number of hydrogen-bond donors (Lipinski definition) is 1. The normalized spacial score (nSPS) is 10.7. The van der Waals surface area contributed by atoms with E-state index >= 15 is 0 Å². The SMILES string of the molecule is Cc1ccc(/C=N/NC(=O)c2ccc([N+](=O)[O-])o2)cc1. The van der Waals surface area contributed by atoms with Gasteiger partial charge in [0, 0.05) is 0 Å². The van der Waals surface area contributed by atoms with Crippen molar-refractivity contribution in [2.75, 3.05) is 0 Å². The molecule has 7 nitrogen and oxygen atoms in total. The van der Waals surface area contributed by atoms with Crippen LogP contribution in [-0.4, -0.2) is 17.0 Å². The van der Waals surface area contributed by atoms with E-state index in [-0.39, 0.29) is 5.76 Å². The van der Waals surface area contributed by atoms with Gasteiger partial charge in [-0.2, -0.15) is 5.10 Å². The lowest BCUT2D eigenvalue weighted by Crippen LogP contribution is -2.16. The Bertz CT molecular complexity index is 659. The van der Waals surface area contributed by atoms with Gasteiger partial charge in [-0.1, -0.05) is 29.8 Å². The van der Waals surface area contributed by atoms with E-state index in [1.807, 2.05) is 31.2 Å². The fourth-order valence-electron chi connectivity index (χ4n) is 1.42.